The first-order chi connectivity index (χ1) is 17.1. The van der Waals surface area contributed by atoms with Crippen molar-refractivity contribution >= 4 is 23.5 Å². The number of carbonyl (C=O) groups is 3. The van der Waals surface area contributed by atoms with Crippen LogP contribution in [-0.4, -0.2) is 65.0 Å². The lowest BCUT2D eigenvalue weighted by atomic mass is 9.85. The number of piperidine rings is 1. The van der Waals surface area contributed by atoms with Crippen molar-refractivity contribution in [3.8, 4) is 0 Å². The van der Waals surface area contributed by atoms with Gasteiger partial charge in [0.1, 0.15) is 12.1 Å². The van der Waals surface area contributed by atoms with Crippen LogP contribution in [0.4, 0.5) is 10.5 Å². The molecule has 0 aromatic heterocycles. The molecule has 0 aliphatic carbocycles. The van der Waals surface area contributed by atoms with Gasteiger partial charge in [-0.05, 0) is 58.2 Å². The van der Waals surface area contributed by atoms with E-state index >= 15 is 0 Å². The number of urea groups is 1. The molecule has 1 spiro atoms. The Balaban J connectivity index is 1.48. The molecule has 1 atom stereocenters. The topological polar surface area (TPSA) is 85.0 Å². The Morgan fingerprint density at radius 3 is 2.14 bits per heavy atom. The molecule has 2 aliphatic heterocycles. The van der Waals surface area contributed by atoms with Gasteiger partial charge in [0.05, 0.1) is 12.7 Å². The number of carbonyl (C=O) groups excluding carboxylic acids is 3. The second-order valence-electron chi connectivity index (χ2n) is 10.8. The van der Waals surface area contributed by atoms with Gasteiger partial charge >= 0.3 is 6.03 Å². The van der Waals surface area contributed by atoms with Crippen LogP contribution >= 0.6 is 0 Å². The molecule has 2 aromatic carbocycles. The molecule has 36 heavy (non-hydrogen) atoms. The molecule has 4 amide bonds. The van der Waals surface area contributed by atoms with Crippen LogP contribution in [0.1, 0.15) is 52.1 Å². The number of anilines is 1. The highest BCUT2D eigenvalue weighted by molar-refractivity contribution is 5.96. The molecule has 2 aromatic rings. The molecule has 2 saturated heterocycles. The molecule has 0 unspecified atom stereocenters. The minimum absolute atomic E-state index is 0.00465. The average Bonchev–Trinajstić information content (AvgIpc) is 3.10. The Morgan fingerprint density at radius 2 is 1.56 bits per heavy atom. The van der Waals surface area contributed by atoms with Gasteiger partial charge in [-0.25, -0.2) is 4.79 Å². The van der Waals surface area contributed by atoms with Crippen molar-refractivity contribution in [2.45, 2.75) is 57.7 Å². The summed E-state index contributed by atoms with van der Waals surface area (Å²) in [5.74, 6) is -0.239. The number of hydrogen-bond donors (Lipinski definition) is 2. The highest BCUT2D eigenvalue weighted by Gasteiger charge is 2.54. The first-order valence-corrected chi connectivity index (χ1v) is 12.6. The van der Waals surface area contributed by atoms with Gasteiger partial charge in [0.25, 0.3) is 5.91 Å². The van der Waals surface area contributed by atoms with E-state index in [-0.39, 0.29) is 36.0 Å². The largest absolute Gasteiger partial charge is 0.348 e. The number of hydrogen-bond acceptors (Lipinski definition) is 4. The third kappa shape index (κ3) is 5.48. The van der Waals surface area contributed by atoms with E-state index in [9.17, 15) is 14.4 Å². The third-order valence-electron chi connectivity index (χ3n) is 6.95. The second-order valence-corrected chi connectivity index (χ2v) is 10.8. The third-order valence-corrected chi connectivity index (χ3v) is 6.95. The first-order valence-electron chi connectivity index (χ1n) is 12.6. The SMILES string of the molecule is C[C@H](NC(=O)CN1CN(c2ccccc2)C2(CCN(C(=O)NC(C)(C)C)CC2)C1=O)c1ccccc1. The zero-order valence-corrected chi connectivity index (χ0v) is 21.7. The number of para-hydroxylation sites is 1. The zero-order valence-electron chi connectivity index (χ0n) is 21.7. The van der Waals surface area contributed by atoms with Crippen molar-refractivity contribution in [1.29, 1.82) is 0 Å². The number of benzene rings is 2. The average molecular weight is 492 g/mol. The van der Waals surface area contributed by atoms with Crippen LogP contribution < -0.4 is 15.5 Å². The minimum Gasteiger partial charge on any atom is -0.348 e. The lowest BCUT2D eigenvalue weighted by Gasteiger charge is -2.43. The highest BCUT2D eigenvalue weighted by atomic mass is 16.2. The molecule has 2 fully saturated rings. The van der Waals surface area contributed by atoms with Crippen molar-refractivity contribution in [3.05, 3.63) is 66.2 Å². The molecule has 0 radical (unpaired) electrons. The number of amides is 4. The monoisotopic (exact) mass is 491 g/mol. The van der Waals surface area contributed by atoms with Crippen LogP contribution in [0.15, 0.2) is 60.7 Å². The van der Waals surface area contributed by atoms with Gasteiger partial charge in [0, 0.05) is 24.3 Å². The summed E-state index contributed by atoms with van der Waals surface area (Å²) >= 11 is 0. The number of likely N-dealkylation sites (tertiary alicyclic amines) is 1. The Hall–Kier alpha value is -3.55. The van der Waals surface area contributed by atoms with Crippen LogP contribution in [0.2, 0.25) is 0 Å². The summed E-state index contributed by atoms with van der Waals surface area (Å²) in [6.45, 7) is 9.08. The van der Waals surface area contributed by atoms with E-state index in [0.717, 1.165) is 11.3 Å². The molecule has 2 N–H and O–H groups in total. The van der Waals surface area contributed by atoms with Gasteiger partial charge in [-0.1, -0.05) is 48.5 Å². The molecule has 2 heterocycles. The molecule has 192 valence electrons. The molecule has 8 nitrogen and oxygen atoms in total. The van der Waals surface area contributed by atoms with Gasteiger partial charge < -0.3 is 25.3 Å². The summed E-state index contributed by atoms with van der Waals surface area (Å²) in [7, 11) is 0. The summed E-state index contributed by atoms with van der Waals surface area (Å²) in [4.78, 5) is 45.1. The van der Waals surface area contributed by atoms with Crippen molar-refractivity contribution in [2.24, 2.45) is 0 Å². The maximum atomic E-state index is 13.8. The molecule has 4 rings (SSSR count). The predicted molar refractivity (Wildman–Crippen MR) is 140 cm³/mol. The molecule has 2 aliphatic rings. The smallest absolute Gasteiger partial charge is 0.317 e. The zero-order chi connectivity index (χ0) is 25.9. The van der Waals surface area contributed by atoms with E-state index in [1.807, 2.05) is 88.4 Å². The Bertz CT molecular complexity index is 1080. The van der Waals surface area contributed by atoms with E-state index in [4.69, 9.17) is 0 Å². The van der Waals surface area contributed by atoms with Crippen LogP contribution in [0.5, 0.6) is 0 Å². The summed E-state index contributed by atoms with van der Waals surface area (Å²) in [5.41, 5.74) is 0.860. The molecule has 8 heteroatoms. The van der Waals surface area contributed by atoms with Crippen LogP contribution in [0.25, 0.3) is 0 Å². The molecule has 0 bridgehead atoms. The summed E-state index contributed by atoms with van der Waals surface area (Å²) in [5, 5.41) is 6.03. The Kier molecular flexibility index (Phi) is 7.24. The number of rotatable bonds is 5. The Morgan fingerprint density at radius 1 is 0.972 bits per heavy atom. The highest BCUT2D eigenvalue weighted by Crippen LogP contribution is 2.39. The summed E-state index contributed by atoms with van der Waals surface area (Å²) in [6, 6.07) is 19.4. The van der Waals surface area contributed by atoms with Crippen LogP contribution in [0.3, 0.4) is 0 Å². The quantitative estimate of drug-likeness (QED) is 0.670. The van der Waals surface area contributed by atoms with Gasteiger partial charge in [0.2, 0.25) is 5.91 Å². The van der Waals surface area contributed by atoms with Crippen molar-refractivity contribution in [3.63, 3.8) is 0 Å². The van der Waals surface area contributed by atoms with E-state index < -0.39 is 5.54 Å². The van der Waals surface area contributed by atoms with Gasteiger partial charge in [-0.2, -0.15) is 0 Å². The van der Waals surface area contributed by atoms with E-state index in [0.29, 0.717) is 32.6 Å². The fourth-order valence-corrected chi connectivity index (χ4v) is 5.09. The Labute approximate surface area is 213 Å². The van der Waals surface area contributed by atoms with Crippen molar-refractivity contribution in [2.75, 3.05) is 31.2 Å². The maximum Gasteiger partial charge on any atom is 0.317 e. The van der Waals surface area contributed by atoms with Crippen LogP contribution in [0, 0.1) is 0 Å². The standard InChI is InChI=1S/C28H37N5O3/c1-21(22-11-7-5-8-12-22)29-24(34)19-32-20-33(23-13-9-6-10-14-23)28(25(32)35)15-17-31(18-16-28)26(36)30-27(2,3)4/h5-14,21H,15-20H2,1-4H3,(H,29,34)(H,30,36)/t21-/m0/s1. The van der Waals surface area contributed by atoms with E-state index in [2.05, 4.69) is 15.5 Å². The minimum atomic E-state index is -0.773. The van der Waals surface area contributed by atoms with Crippen molar-refractivity contribution < 1.29 is 14.4 Å². The molecule has 0 saturated carbocycles. The summed E-state index contributed by atoms with van der Waals surface area (Å²) < 4.78 is 0. The fraction of sp³-hybridized carbons (Fsp3) is 0.464. The molecular weight excluding hydrogens is 454 g/mol. The first kappa shape index (κ1) is 25.5. The summed E-state index contributed by atoms with van der Waals surface area (Å²) in [6.07, 6.45) is 1.02. The fourth-order valence-electron chi connectivity index (χ4n) is 5.09. The number of nitrogens with zero attached hydrogens (tertiary/aromatic N) is 3. The lowest BCUT2D eigenvalue weighted by molar-refractivity contribution is -0.137. The second kappa shape index (κ2) is 10.2. The lowest BCUT2D eigenvalue weighted by Crippen LogP contribution is -2.59. The van der Waals surface area contributed by atoms with Crippen LogP contribution in [-0.2, 0) is 9.59 Å². The normalized spacial score (nSPS) is 18.3. The molecular formula is C28H37N5O3. The van der Waals surface area contributed by atoms with Crippen molar-refractivity contribution in [1.82, 2.24) is 20.4 Å². The van der Waals surface area contributed by atoms with E-state index in [1.54, 1.807) is 9.80 Å². The van der Waals surface area contributed by atoms with E-state index in [1.165, 1.54) is 0 Å². The maximum absolute atomic E-state index is 13.8. The number of nitrogens with one attached hydrogen (secondary N) is 2. The van der Waals surface area contributed by atoms with Gasteiger partial charge in [-0.3, -0.25) is 9.59 Å². The predicted octanol–water partition coefficient (Wildman–Crippen LogP) is 3.51. The van der Waals surface area contributed by atoms with Gasteiger partial charge in [-0.15, -0.1) is 0 Å². The van der Waals surface area contributed by atoms with Gasteiger partial charge in [0.15, 0.2) is 0 Å².